The Hall–Kier alpha value is -0.860. The molecular weight excluding hydrogens is 369 g/mol. The van der Waals surface area contributed by atoms with Crippen LogP contribution in [0.1, 0.15) is 50.2 Å². The highest BCUT2D eigenvalue weighted by Gasteiger charge is 2.29. The Bertz CT molecular complexity index is 463. The fourth-order valence-electron chi connectivity index (χ4n) is 2.32. The van der Waals surface area contributed by atoms with Gasteiger partial charge in [0.15, 0.2) is 11.8 Å². The summed E-state index contributed by atoms with van der Waals surface area (Å²) in [4.78, 5) is 10.9. The highest BCUT2D eigenvalue weighted by molar-refractivity contribution is 14.0. The average Bonchev–Trinajstić information content (AvgIpc) is 3.16. The largest absolute Gasteiger partial charge is 0.370 e. The number of hydrogen-bond donors (Lipinski definition) is 1. The van der Waals surface area contributed by atoms with Crippen LogP contribution in [0, 0.1) is 5.92 Å². The van der Waals surface area contributed by atoms with Crippen LogP contribution in [0.15, 0.2) is 9.52 Å². The van der Waals surface area contributed by atoms with Gasteiger partial charge in [0.05, 0.1) is 0 Å². The minimum Gasteiger partial charge on any atom is -0.370 e. The van der Waals surface area contributed by atoms with E-state index >= 15 is 0 Å². The predicted molar refractivity (Wildman–Crippen MR) is 87.0 cm³/mol. The quantitative estimate of drug-likeness (QED) is 0.485. The number of aromatic nitrogens is 2. The highest BCUT2D eigenvalue weighted by Crippen LogP contribution is 2.38. The number of piperidine rings is 1. The average molecular weight is 391 g/mol. The Balaban J connectivity index is 0.00000147. The molecule has 0 amide bonds. The van der Waals surface area contributed by atoms with Crippen molar-refractivity contribution in [1.29, 1.82) is 0 Å². The van der Waals surface area contributed by atoms with Crippen molar-refractivity contribution in [3.63, 3.8) is 0 Å². The molecule has 0 bridgehead atoms. The lowest BCUT2D eigenvalue weighted by atomic mass is 10.00. The van der Waals surface area contributed by atoms with E-state index in [0.29, 0.717) is 24.2 Å². The summed E-state index contributed by atoms with van der Waals surface area (Å²) >= 11 is 0. The third-order valence-corrected chi connectivity index (χ3v) is 3.90. The number of halogens is 1. The number of likely N-dealkylation sites (tertiary alicyclic amines) is 1. The number of nitrogens with zero attached hydrogens (tertiary/aromatic N) is 4. The predicted octanol–water partition coefficient (Wildman–Crippen LogP) is 2.11. The van der Waals surface area contributed by atoms with Gasteiger partial charge in [0, 0.05) is 19.0 Å². The number of aliphatic imine (C=N–C) groups is 1. The Morgan fingerprint density at radius 1 is 1.35 bits per heavy atom. The zero-order valence-corrected chi connectivity index (χ0v) is 14.1. The molecule has 0 radical (unpaired) electrons. The minimum atomic E-state index is 0. The van der Waals surface area contributed by atoms with E-state index in [4.69, 9.17) is 10.3 Å². The summed E-state index contributed by atoms with van der Waals surface area (Å²) in [5.41, 5.74) is 6.01. The molecule has 0 spiro atoms. The number of nitrogens with two attached hydrogens (primary N) is 1. The molecule has 112 valence electrons. The Kier molecular flexibility index (Phi) is 5.22. The molecule has 2 aliphatic rings. The summed E-state index contributed by atoms with van der Waals surface area (Å²) in [5.74, 6) is 3.28. The summed E-state index contributed by atoms with van der Waals surface area (Å²) in [5, 5.41) is 3.94. The third-order valence-electron chi connectivity index (χ3n) is 3.90. The molecule has 1 aromatic rings. The molecule has 2 N–H and O–H groups in total. The van der Waals surface area contributed by atoms with Gasteiger partial charge in [-0.05, 0) is 31.6 Å². The van der Waals surface area contributed by atoms with Crippen LogP contribution in [-0.2, 0) is 6.54 Å². The molecule has 2 heterocycles. The lowest BCUT2D eigenvalue weighted by Gasteiger charge is -2.30. The zero-order valence-electron chi connectivity index (χ0n) is 11.8. The first-order valence-corrected chi connectivity index (χ1v) is 7.09. The van der Waals surface area contributed by atoms with Gasteiger partial charge in [-0.15, -0.1) is 24.0 Å². The molecule has 1 aliphatic carbocycles. The third kappa shape index (κ3) is 3.83. The van der Waals surface area contributed by atoms with Crippen molar-refractivity contribution in [1.82, 2.24) is 15.0 Å². The molecule has 3 rings (SSSR count). The summed E-state index contributed by atoms with van der Waals surface area (Å²) in [6, 6.07) is 0. The van der Waals surface area contributed by atoms with Gasteiger partial charge in [0.25, 0.3) is 0 Å². The second-order valence-corrected chi connectivity index (χ2v) is 5.67. The summed E-state index contributed by atoms with van der Waals surface area (Å²) in [6.45, 7) is 4.68. The van der Waals surface area contributed by atoms with Crippen LogP contribution in [-0.4, -0.2) is 34.1 Å². The van der Waals surface area contributed by atoms with Gasteiger partial charge in [-0.2, -0.15) is 4.98 Å². The number of guanidine groups is 1. The summed E-state index contributed by atoms with van der Waals surface area (Å²) in [7, 11) is 0. The maximum Gasteiger partial charge on any atom is 0.229 e. The monoisotopic (exact) mass is 391 g/mol. The lowest BCUT2D eigenvalue weighted by molar-refractivity contribution is 0.277. The molecule has 6 nitrogen and oxygen atoms in total. The molecule has 1 aliphatic heterocycles. The van der Waals surface area contributed by atoms with Crippen LogP contribution in [0.3, 0.4) is 0 Å². The van der Waals surface area contributed by atoms with Crippen molar-refractivity contribution in [3.05, 3.63) is 11.7 Å². The molecule has 1 aromatic heterocycles. The summed E-state index contributed by atoms with van der Waals surface area (Å²) < 4.78 is 5.20. The standard InChI is InChI=1S/C13H21N5O.HI/c1-9-4-6-18(7-5-9)13(14)15-8-11-16-12(19-17-11)10-2-3-10;/h9-10H,2-8H2,1H3,(H2,14,15);1H. The van der Waals surface area contributed by atoms with E-state index in [1.165, 1.54) is 25.7 Å². The van der Waals surface area contributed by atoms with E-state index in [-0.39, 0.29) is 24.0 Å². The molecule has 7 heteroatoms. The molecule has 0 atom stereocenters. The zero-order chi connectivity index (χ0) is 13.2. The molecule has 0 unspecified atom stereocenters. The van der Waals surface area contributed by atoms with Gasteiger partial charge in [-0.3, -0.25) is 0 Å². The maximum absolute atomic E-state index is 6.01. The second-order valence-electron chi connectivity index (χ2n) is 5.67. The van der Waals surface area contributed by atoms with Crippen molar-refractivity contribution in [2.75, 3.05) is 13.1 Å². The second kappa shape index (κ2) is 6.73. The van der Waals surface area contributed by atoms with Gasteiger partial charge in [0.1, 0.15) is 6.54 Å². The molecule has 1 saturated carbocycles. The molecule has 1 saturated heterocycles. The normalized spacial score (nSPS) is 20.9. The smallest absolute Gasteiger partial charge is 0.229 e. The van der Waals surface area contributed by atoms with Crippen LogP contribution < -0.4 is 5.73 Å². The van der Waals surface area contributed by atoms with Gasteiger partial charge in [0.2, 0.25) is 5.89 Å². The van der Waals surface area contributed by atoms with Crippen molar-refractivity contribution < 1.29 is 4.52 Å². The first-order chi connectivity index (χ1) is 9.22. The molecule has 2 fully saturated rings. The van der Waals surface area contributed by atoms with E-state index < -0.39 is 0 Å². The summed E-state index contributed by atoms with van der Waals surface area (Å²) in [6.07, 6.45) is 4.70. The fraction of sp³-hybridized carbons (Fsp3) is 0.769. The van der Waals surface area contributed by atoms with E-state index in [1.807, 2.05) is 0 Å². The maximum atomic E-state index is 6.01. The first kappa shape index (κ1) is 15.5. The topological polar surface area (TPSA) is 80.5 Å². The van der Waals surface area contributed by atoms with Crippen LogP contribution in [0.25, 0.3) is 0 Å². The number of rotatable bonds is 3. The van der Waals surface area contributed by atoms with Gasteiger partial charge in [-0.25, -0.2) is 4.99 Å². The van der Waals surface area contributed by atoms with E-state index in [0.717, 1.165) is 24.9 Å². The van der Waals surface area contributed by atoms with Crippen molar-refractivity contribution in [3.8, 4) is 0 Å². The van der Waals surface area contributed by atoms with Crippen LogP contribution in [0.5, 0.6) is 0 Å². The Morgan fingerprint density at radius 3 is 2.70 bits per heavy atom. The van der Waals surface area contributed by atoms with Gasteiger partial charge >= 0.3 is 0 Å². The SMILES string of the molecule is CC1CCN(C(N)=NCc2noc(C3CC3)n2)CC1.I. The van der Waals surface area contributed by atoms with Crippen molar-refractivity contribution in [2.45, 2.75) is 45.1 Å². The fourth-order valence-corrected chi connectivity index (χ4v) is 2.32. The van der Waals surface area contributed by atoms with Crippen LogP contribution in [0.4, 0.5) is 0 Å². The van der Waals surface area contributed by atoms with Gasteiger partial charge in [-0.1, -0.05) is 12.1 Å². The van der Waals surface area contributed by atoms with Crippen molar-refractivity contribution in [2.24, 2.45) is 16.6 Å². The highest BCUT2D eigenvalue weighted by atomic mass is 127. The van der Waals surface area contributed by atoms with E-state index in [9.17, 15) is 0 Å². The van der Waals surface area contributed by atoms with E-state index in [2.05, 4.69) is 27.0 Å². The number of hydrogen-bond acceptors (Lipinski definition) is 4. The van der Waals surface area contributed by atoms with Crippen LogP contribution >= 0.6 is 24.0 Å². The lowest BCUT2D eigenvalue weighted by Crippen LogP contribution is -2.42. The van der Waals surface area contributed by atoms with Crippen molar-refractivity contribution >= 4 is 29.9 Å². The minimum absolute atomic E-state index is 0. The first-order valence-electron chi connectivity index (χ1n) is 7.09. The molecule has 0 aromatic carbocycles. The van der Waals surface area contributed by atoms with E-state index in [1.54, 1.807) is 0 Å². The molecular formula is C13H22IN5O. The van der Waals surface area contributed by atoms with Gasteiger partial charge < -0.3 is 15.2 Å². The van der Waals surface area contributed by atoms with Crippen LogP contribution in [0.2, 0.25) is 0 Å². The Labute approximate surface area is 136 Å². The Morgan fingerprint density at radius 2 is 2.05 bits per heavy atom. The molecule has 20 heavy (non-hydrogen) atoms.